The third-order valence-corrected chi connectivity index (χ3v) is 2.75. The lowest BCUT2D eigenvalue weighted by Crippen LogP contribution is -2.30. The number of nitrogens with zero attached hydrogens (tertiary/aromatic N) is 4. The van der Waals surface area contributed by atoms with Crippen LogP contribution >= 0.6 is 0 Å². The molecule has 1 heterocycles. The van der Waals surface area contributed by atoms with Crippen molar-refractivity contribution >= 4 is 5.91 Å². The van der Waals surface area contributed by atoms with E-state index >= 15 is 0 Å². The molecule has 0 radical (unpaired) electrons. The summed E-state index contributed by atoms with van der Waals surface area (Å²) in [5.74, 6) is 4.58. The van der Waals surface area contributed by atoms with E-state index in [0.717, 1.165) is 19.1 Å². The van der Waals surface area contributed by atoms with E-state index in [-0.39, 0.29) is 5.69 Å². The summed E-state index contributed by atoms with van der Waals surface area (Å²) in [6.45, 7) is 1.65. The number of nitrogens with one attached hydrogen (secondary N) is 1. The summed E-state index contributed by atoms with van der Waals surface area (Å²) in [4.78, 5) is 13.4. The van der Waals surface area contributed by atoms with E-state index < -0.39 is 5.91 Å². The van der Waals surface area contributed by atoms with Gasteiger partial charge in [-0.25, -0.2) is 5.84 Å². The fraction of sp³-hybridized carbons (Fsp3) is 0.667. The molecule has 0 unspecified atom stereocenters. The number of likely N-dealkylation sites (N-methyl/N-ethyl adjacent to an activating group) is 1. The van der Waals surface area contributed by atoms with Crippen molar-refractivity contribution in [3.8, 4) is 0 Å². The maximum Gasteiger partial charge on any atom is 0.287 e. The number of rotatable bonds is 5. The smallest absolute Gasteiger partial charge is 0.287 e. The number of aromatic nitrogens is 3. The monoisotopic (exact) mass is 224 g/mol. The molecule has 7 heteroatoms. The van der Waals surface area contributed by atoms with Gasteiger partial charge in [0.25, 0.3) is 5.91 Å². The van der Waals surface area contributed by atoms with E-state index in [1.165, 1.54) is 12.8 Å². The SMILES string of the molecule is CN(CCn1cc(C(=O)NN)nn1)C1CC1. The van der Waals surface area contributed by atoms with Crippen LogP contribution in [0, 0.1) is 0 Å². The number of carbonyl (C=O) groups excluding carboxylic acids is 1. The molecule has 1 amide bonds. The van der Waals surface area contributed by atoms with Gasteiger partial charge in [0, 0.05) is 12.6 Å². The summed E-state index contributed by atoms with van der Waals surface area (Å²) in [5.41, 5.74) is 2.27. The third-order valence-electron chi connectivity index (χ3n) is 2.75. The first-order chi connectivity index (χ1) is 7.70. The minimum absolute atomic E-state index is 0.247. The third kappa shape index (κ3) is 2.56. The van der Waals surface area contributed by atoms with Gasteiger partial charge in [0.1, 0.15) is 0 Å². The topological polar surface area (TPSA) is 89.1 Å². The van der Waals surface area contributed by atoms with Crippen LogP contribution in [0.1, 0.15) is 23.3 Å². The van der Waals surface area contributed by atoms with Crippen LogP contribution in [-0.4, -0.2) is 45.4 Å². The van der Waals surface area contributed by atoms with Crippen LogP contribution in [0.15, 0.2) is 6.20 Å². The van der Waals surface area contributed by atoms with Gasteiger partial charge >= 0.3 is 0 Å². The molecule has 2 rings (SSSR count). The number of hydrogen-bond acceptors (Lipinski definition) is 5. The second-order valence-electron chi connectivity index (χ2n) is 4.05. The van der Waals surface area contributed by atoms with Crippen LogP contribution in [0.2, 0.25) is 0 Å². The van der Waals surface area contributed by atoms with Gasteiger partial charge < -0.3 is 4.90 Å². The highest BCUT2D eigenvalue weighted by atomic mass is 16.2. The molecular formula is C9H16N6O. The molecular weight excluding hydrogens is 208 g/mol. The van der Waals surface area contributed by atoms with Crippen molar-refractivity contribution in [1.82, 2.24) is 25.3 Å². The van der Waals surface area contributed by atoms with Crippen molar-refractivity contribution in [2.24, 2.45) is 5.84 Å². The first-order valence-corrected chi connectivity index (χ1v) is 5.32. The molecule has 1 aliphatic carbocycles. The lowest BCUT2D eigenvalue weighted by molar-refractivity contribution is 0.0948. The number of hydrazine groups is 1. The fourth-order valence-electron chi connectivity index (χ4n) is 1.54. The molecule has 0 atom stereocenters. The van der Waals surface area contributed by atoms with E-state index in [1.807, 2.05) is 5.43 Å². The molecule has 0 bridgehead atoms. The van der Waals surface area contributed by atoms with Gasteiger partial charge in [0.15, 0.2) is 5.69 Å². The molecule has 3 N–H and O–H groups in total. The van der Waals surface area contributed by atoms with Crippen molar-refractivity contribution < 1.29 is 4.79 Å². The Kier molecular flexibility index (Phi) is 3.16. The van der Waals surface area contributed by atoms with Crippen LogP contribution in [0.25, 0.3) is 0 Å². The van der Waals surface area contributed by atoms with Crippen LogP contribution in [0.5, 0.6) is 0 Å². The second-order valence-corrected chi connectivity index (χ2v) is 4.05. The molecule has 1 aromatic rings. The minimum Gasteiger partial charge on any atom is -0.302 e. The molecule has 1 aromatic heterocycles. The van der Waals surface area contributed by atoms with E-state index in [2.05, 4.69) is 22.3 Å². The Morgan fingerprint density at radius 2 is 2.50 bits per heavy atom. The molecule has 0 aliphatic heterocycles. The van der Waals surface area contributed by atoms with E-state index in [1.54, 1.807) is 10.9 Å². The highest BCUT2D eigenvalue weighted by Crippen LogP contribution is 2.24. The molecule has 1 aliphatic rings. The lowest BCUT2D eigenvalue weighted by Gasteiger charge is -2.14. The van der Waals surface area contributed by atoms with Crippen molar-refractivity contribution in [2.75, 3.05) is 13.6 Å². The van der Waals surface area contributed by atoms with Crippen molar-refractivity contribution in [3.05, 3.63) is 11.9 Å². The average molecular weight is 224 g/mol. The highest BCUT2D eigenvalue weighted by molar-refractivity contribution is 5.91. The van der Waals surface area contributed by atoms with Crippen molar-refractivity contribution in [3.63, 3.8) is 0 Å². The second kappa shape index (κ2) is 4.58. The number of nitrogen functional groups attached to an aromatic ring is 1. The molecule has 0 aromatic carbocycles. The standard InChI is InChI=1S/C9H16N6O/c1-14(7-2-3-7)4-5-15-6-8(12-13-15)9(16)11-10/h6-7H,2-5,10H2,1H3,(H,11,16). The predicted molar refractivity (Wildman–Crippen MR) is 57.3 cm³/mol. The van der Waals surface area contributed by atoms with Gasteiger partial charge in [0.05, 0.1) is 12.7 Å². The Morgan fingerprint density at radius 1 is 1.75 bits per heavy atom. The summed E-state index contributed by atoms with van der Waals surface area (Å²) in [7, 11) is 2.10. The van der Waals surface area contributed by atoms with Crippen molar-refractivity contribution in [1.29, 1.82) is 0 Å². The summed E-state index contributed by atoms with van der Waals surface area (Å²) >= 11 is 0. The zero-order chi connectivity index (χ0) is 11.5. The lowest BCUT2D eigenvalue weighted by atomic mass is 10.4. The Hall–Kier alpha value is -1.47. The van der Waals surface area contributed by atoms with Crippen LogP contribution in [-0.2, 0) is 6.54 Å². The molecule has 0 spiro atoms. The first-order valence-electron chi connectivity index (χ1n) is 5.32. The zero-order valence-corrected chi connectivity index (χ0v) is 9.26. The highest BCUT2D eigenvalue weighted by Gasteiger charge is 2.25. The Labute approximate surface area is 93.6 Å². The maximum atomic E-state index is 11.1. The number of hydrogen-bond donors (Lipinski definition) is 2. The first kappa shape index (κ1) is 11.0. The van der Waals surface area contributed by atoms with E-state index in [9.17, 15) is 4.79 Å². The predicted octanol–water partition coefficient (Wildman–Crippen LogP) is -1.02. The van der Waals surface area contributed by atoms with E-state index in [0.29, 0.717) is 0 Å². The van der Waals surface area contributed by atoms with Gasteiger partial charge in [-0.1, -0.05) is 5.21 Å². The van der Waals surface area contributed by atoms with E-state index in [4.69, 9.17) is 5.84 Å². The maximum absolute atomic E-state index is 11.1. The Balaban J connectivity index is 1.84. The molecule has 1 fully saturated rings. The molecule has 7 nitrogen and oxygen atoms in total. The largest absolute Gasteiger partial charge is 0.302 e. The Bertz CT molecular complexity index is 372. The molecule has 0 saturated heterocycles. The minimum atomic E-state index is -0.415. The van der Waals surface area contributed by atoms with Gasteiger partial charge in [-0.2, -0.15) is 0 Å². The molecule has 88 valence electrons. The number of amides is 1. The number of carbonyl (C=O) groups is 1. The van der Waals surface area contributed by atoms with Crippen LogP contribution < -0.4 is 11.3 Å². The van der Waals surface area contributed by atoms with Crippen LogP contribution in [0.3, 0.4) is 0 Å². The summed E-state index contributed by atoms with van der Waals surface area (Å²) in [6.07, 6.45) is 4.17. The number of nitrogens with two attached hydrogens (primary N) is 1. The van der Waals surface area contributed by atoms with Gasteiger partial charge in [-0.3, -0.25) is 14.9 Å². The normalized spacial score (nSPS) is 15.4. The van der Waals surface area contributed by atoms with Gasteiger partial charge in [0.2, 0.25) is 0 Å². The van der Waals surface area contributed by atoms with Gasteiger partial charge in [-0.05, 0) is 19.9 Å². The fourth-order valence-corrected chi connectivity index (χ4v) is 1.54. The summed E-state index contributed by atoms with van der Waals surface area (Å²) in [5, 5.41) is 7.59. The van der Waals surface area contributed by atoms with Crippen LogP contribution in [0.4, 0.5) is 0 Å². The Morgan fingerprint density at radius 3 is 3.12 bits per heavy atom. The summed E-state index contributed by atoms with van der Waals surface area (Å²) < 4.78 is 1.66. The summed E-state index contributed by atoms with van der Waals surface area (Å²) in [6, 6.07) is 0.732. The van der Waals surface area contributed by atoms with Crippen molar-refractivity contribution in [2.45, 2.75) is 25.4 Å². The molecule has 16 heavy (non-hydrogen) atoms. The zero-order valence-electron chi connectivity index (χ0n) is 9.26. The van der Waals surface area contributed by atoms with Gasteiger partial charge in [-0.15, -0.1) is 5.10 Å². The molecule has 1 saturated carbocycles. The average Bonchev–Trinajstić information content (AvgIpc) is 3.04. The quantitative estimate of drug-likeness (QED) is 0.379.